The van der Waals surface area contributed by atoms with E-state index in [1.807, 2.05) is 4.90 Å². The standard InChI is InChI=1S/C17H29N3O3/c18-17(14-7-10-22-11-8-14)19-23-12-16(21)20-9-3-5-13-4-1-2-6-15(13)20/h13-15H,1-12H2,(H2,18,19)/t13-,15-/m1/s1. The normalized spacial score (nSPS) is 29.9. The lowest BCUT2D eigenvalue weighted by atomic mass is 9.78. The number of likely N-dealkylation sites (tertiary alicyclic amines) is 1. The molecule has 130 valence electrons. The highest BCUT2D eigenvalue weighted by Gasteiger charge is 2.35. The molecule has 1 aliphatic carbocycles. The van der Waals surface area contributed by atoms with Crippen LogP contribution in [-0.2, 0) is 14.4 Å². The average molecular weight is 323 g/mol. The number of carbonyl (C=O) groups excluding carboxylic acids is 1. The molecule has 0 radical (unpaired) electrons. The predicted molar refractivity (Wildman–Crippen MR) is 87.8 cm³/mol. The number of ether oxygens (including phenoxy) is 1. The number of amidine groups is 1. The minimum absolute atomic E-state index is 0.00708. The Bertz CT molecular complexity index is 433. The van der Waals surface area contributed by atoms with Crippen LogP contribution in [0.1, 0.15) is 51.4 Å². The third-order valence-electron chi connectivity index (χ3n) is 5.56. The second-order valence-corrected chi connectivity index (χ2v) is 7.02. The van der Waals surface area contributed by atoms with E-state index in [1.54, 1.807) is 0 Å². The third kappa shape index (κ3) is 4.16. The first-order valence-corrected chi connectivity index (χ1v) is 9.08. The van der Waals surface area contributed by atoms with Crippen molar-refractivity contribution in [1.82, 2.24) is 4.90 Å². The zero-order chi connectivity index (χ0) is 16.1. The van der Waals surface area contributed by atoms with E-state index >= 15 is 0 Å². The summed E-state index contributed by atoms with van der Waals surface area (Å²) in [4.78, 5) is 19.8. The van der Waals surface area contributed by atoms with Gasteiger partial charge in [0, 0.05) is 31.7 Å². The lowest BCUT2D eigenvalue weighted by Gasteiger charge is -2.43. The summed E-state index contributed by atoms with van der Waals surface area (Å²) in [7, 11) is 0. The molecule has 23 heavy (non-hydrogen) atoms. The maximum absolute atomic E-state index is 12.5. The lowest BCUT2D eigenvalue weighted by Crippen LogP contribution is -2.50. The van der Waals surface area contributed by atoms with E-state index in [0.717, 1.165) is 45.4 Å². The van der Waals surface area contributed by atoms with Gasteiger partial charge >= 0.3 is 0 Å². The summed E-state index contributed by atoms with van der Waals surface area (Å²) in [5.41, 5.74) is 5.96. The van der Waals surface area contributed by atoms with Gasteiger partial charge in [-0.15, -0.1) is 0 Å². The van der Waals surface area contributed by atoms with E-state index in [-0.39, 0.29) is 18.4 Å². The summed E-state index contributed by atoms with van der Waals surface area (Å²) < 4.78 is 5.31. The Balaban J connectivity index is 1.48. The van der Waals surface area contributed by atoms with Crippen LogP contribution in [-0.4, -0.2) is 49.0 Å². The van der Waals surface area contributed by atoms with Gasteiger partial charge in [-0.3, -0.25) is 4.79 Å². The monoisotopic (exact) mass is 323 g/mol. The fourth-order valence-electron chi connectivity index (χ4n) is 4.25. The van der Waals surface area contributed by atoms with Gasteiger partial charge in [0.2, 0.25) is 0 Å². The van der Waals surface area contributed by atoms with E-state index in [9.17, 15) is 4.79 Å². The smallest absolute Gasteiger partial charge is 0.263 e. The first kappa shape index (κ1) is 16.6. The van der Waals surface area contributed by atoms with Crippen molar-refractivity contribution in [2.75, 3.05) is 26.4 Å². The van der Waals surface area contributed by atoms with E-state index in [2.05, 4.69) is 5.16 Å². The summed E-state index contributed by atoms with van der Waals surface area (Å²) in [6.45, 7) is 2.31. The van der Waals surface area contributed by atoms with Crippen LogP contribution in [0.2, 0.25) is 0 Å². The van der Waals surface area contributed by atoms with Gasteiger partial charge in [0.15, 0.2) is 6.61 Å². The zero-order valence-corrected chi connectivity index (χ0v) is 13.9. The van der Waals surface area contributed by atoms with Crippen LogP contribution in [0.25, 0.3) is 0 Å². The van der Waals surface area contributed by atoms with Gasteiger partial charge in [0.05, 0.1) is 0 Å². The number of nitrogens with two attached hydrogens (primary N) is 1. The summed E-state index contributed by atoms with van der Waals surface area (Å²) in [6, 6.07) is 0.422. The van der Waals surface area contributed by atoms with Crippen LogP contribution in [0, 0.1) is 11.8 Å². The van der Waals surface area contributed by atoms with Gasteiger partial charge < -0.3 is 20.2 Å². The Morgan fingerprint density at radius 1 is 1.13 bits per heavy atom. The number of hydrogen-bond donors (Lipinski definition) is 1. The van der Waals surface area contributed by atoms with Gasteiger partial charge in [-0.2, -0.15) is 0 Å². The van der Waals surface area contributed by atoms with Crippen molar-refractivity contribution in [3.8, 4) is 0 Å². The first-order chi connectivity index (χ1) is 11.3. The van der Waals surface area contributed by atoms with Crippen LogP contribution < -0.4 is 5.73 Å². The fraction of sp³-hybridized carbons (Fsp3) is 0.882. The molecule has 6 heteroatoms. The Hall–Kier alpha value is -1.30. The highest BCUT2D eigenvalue weighted by atomic mass is 16.6. The van der Waals surface area contributed by atoms with Crippen molar-refractivity contribution in [1.29, 1.82) is 0 Å². The van der Waals surface area contributed by atoms with Crippen molar-refractivity contribution in [2.24, 2.45) is 22.7 Å². The summed E-state index contributed by atoms with van der Waals surface area (Å²) in [5.74, 6) is 1.47. The van der Waals surface area contributed by atoms with Gasteiger partial charge in [-0.05, 0) is 44.4 Å². The molecule has 2 aliphatic heterocycles. The predicted octanol–water partition coefficient (Wildman–Crippen LogP) is 1.88. The maximum Gasteiger partial charge on any atom is 0.263 e. The molecule has 0 spiro atoms. The van der Waals surface area contributed by atoms with E-state index < -0.39 is 0 Å². The van der Waals surface area contributed by atoms with Gasteiger partial charge in [0.25, 0.3) is 5.91 Å². The van der Waals surface area contributed by atoms with Crippen LogP contribution in [0.4, 0.5) is 0 Å². The molecule has 2 saturated heterocycles. The van der Waals surface area contributed by atoms with Crippen molar-refractivity contribution < 1.29 is 14.4 Å². The molecule has 2 heterocycles. The number of carbonyl (C=O) groups is 1. The van der Waals surface area contributed by atoms with Gasteiger partial charge in [0.1, 0.15) is 5.84 Å². The van der Waals surface area contributed by atoms with Crippen molar-refractivity contribution in [3.63, 3.8) is 0 Å². The molecular formula is C17H29N3O3. The summed E-state index contributed by atoms with van der Waals surface area (Å²) >= 11 is 0. The fourth-order valence-corrected chi connectivity index (χ4v) is 4.25. The molecule has 3 fully saturated rings. The molecule has 1 amide bonds. The number of piperidine rings is 1. The Kier molecular flexibility index (Phi) is 5.75. The average Bonchev–Trinajstić information content (AvgIpc) is 2.61. The van der Waals surface area contributed by atoms with Crippen LogP contribution in [0.5, 0.6) is 0 Å². The summed E-state index contributed by atoms with van der Waals surface area (Å²) in [6.07, 6.45) is 9.09. The quantitative estimate of drug-likeness (QED) is 0.487. The van der Waals surface area contributed by atoms with Gasteiger partial charge in [-0.25, -0.2) is 0 Å². The molecule has 2 atom stereocenters. The van der Waals surface area contributed by atoms with Crippen molar-refractivity contribution in [3.05, 3.63) is 0 Å². The molecule has 3 rings (SSSR count). The molecule has 0 bridgehead atoms. The van der Waals surface area contributed by atoms with Crippen LogP contribution in [0.3, 0.4) is 0 Å². The number of fused-ring (bicyclic) bond motifs is 1. The van der Waals surface area contributed by atoms with Crippen LogP contribution in [0.15, 0.2) is 5.16 Å². The molecule has 0 aromatic carbocycles. The minimum atomic E-state index is 0.00708. The lowest BCUT2D eigenvalue weighted by molar-refractivity contribution is -0.142. The number of oxime groups is 1. The van der Waals surface area contributed by atoms with Crippen molar-refractivity contribution >= 4 is 11.7 Å². The maximum atomic E-state index is 12.5. The minimum Gasteiger partial charge on any atom is -0.384 e. The highest BCUT2D eigenvalue weighted by Crippen LogP contribution is 2.35. The second-order valence-electron chi connectivity index (χ2n) is 7.02. The topological polar surface area (TPSA) is 77.2 Å². The number of amides is 1. The molecule has 6 nitrogen and oxygen atoms in total. The Morgan fingerprint density at radius 3 is 2.70 bits per heavy atom. The third-order valence-corrected chi connectivity index (χ3v) is 5.56. The molecule has 0 aromatic heterocycles. The second kappa shape index (κ2) is 7.99. The zero-order valence-electron chi connectivity index (χ0n) is 13.9. The Morgan fingerprint density at radius 2 is 1.87 bits per heavy atom. The first-order valence-electron chi connectivity index (χ1n) is 9.08. The molecule has 0 aromatic rings. The van der Waals surface area contributed by atoms with E-state index in [4.69, 9.17) is 15.3 Å². The van der Waals surface area contributed by atoms with E-state index in [0.29, 0.717) is 17.8 Å². The molecule has 3 aliphatic rings. The van der Waals surface area contributed by atoms with Gasteiger partial charge in [-0.1, -0.05) is 18.0 Å². The number of rotatable bonds is 4. The molecule has 2 N–H and O–H groups in total. The summed E-state index contributed by atoms with van der Waals surface area (Å²) in [5, 5.41) is 3.98. The molecule has 0 unspecified atom stereocenters. The largest absolute Gasteiger partial charge is 0.384 e. The van der Waals surface area contributed by atoms with Crippen molar-refractivity contribution in [2.45, 2.75) is 57.4 Å². The van der Waals surface area contributed by atoms with E-state index in [1.165, 1.54) is 25.7 Å². The molecule has 1 saturated carbocycles. The highest BCUT2D eigenvalue weighted by molar-refractivity contribution is 5.82. The number of hydrogen-bond acceptors (Lipinski definition) is 4. The van der Waals surface area contributed by atoms with Crippen LogP contribution >= 0.6 is 0 Å². The SMILES string of the molecule is N/C(=N/OCC(=O)N1CCC[C@H]2CCCC[C@H]21)C1CCOCC1. The molecular weight excluding hydrogens is 294 g/mol. The Labute approximate surface area is 138 Å². The number of nitrogens with zero attached hydrogens (tertiary/aromatic N) is 2.